The van der Waals surface area contributed by atoms with Gasteiger partial charge in [0.15, 0.2) is 11.9 Å². The minimum absolute atomic E-state index is 0.0309. The second-order valence-corrected chi connectivity index (χ2v) is 6.98. The molecule has 2 amide bonds. The van der Waals surface area contributed by atoms with E-state index in [-0.39, 0.29) is 35.4 Å². The summed E-state index contributed by atoms with van der Waals surface area (Å²) in [6.45, 7) is 3.45. The second kappa shape index (κ2) is 8.63. The Morgan fingerprint density at radius 3 is 2.63 bits per heavy atom. The predicted molar refractivity (Wildman–Crippen MR) is 100.0 cm³/mol. The number of nitrogens with one attached hydrogen (secondary N) is 1. The maximum atomic E-state index is 12.4. The molecule has 0 fully saturated rings. The summed E-state index contributed by atoms with van der Waals surface area (Å²) < 4.78 is 6.57. The van der Waals surface area contributed by atoms with Gasteiger partial charge in [-0.25, -0.2) is 4.79 Å². The first-order chi connectivity index (χ1) is 12.7. The molecule has 2 aromatic heterocycles. The number of carbonyl (C=O) groups excluding carboxylic acids is 3. The Hall–Kier alpha value is -2.94. The van der Waals surface area contributed by atoms with E-state index in [2.05, 4.69) is 5.32 Å². The number of hydrogen-bond acceptors (Lipinski definition) is 6. The third-order valence-electron chi connectivity index (χ3n) is 3.65. The zero-order chi connectivity index (χ0) is 20.1. The average molecular weight is 392 g/mol. The van der Waals surface area contributed by atoms with Crippen LogP contribution in [0.25, 0.3) is 0 Å². The van der Waals surface area contributed by atoms with Crippen LogP contribution < -0.4 is 9.88 Å². The predicted octanol–water partition coefficient (Wildman–Crippen LogP) is 1.57. The van der Waals surface area contributed by atoms with Gasteiger partial charge in [-0.15, -0.1) is 11.3 Å². The zero-order valence-electron chi connectivity index (χ0n) is 15.6. The molecule has 0 aliphatic carbocycles. The fourth-order valence-corrected chi connectivity index (χ4v) is 3.63. The van der Waals surface area contributed by atoms with Gasteiger partial charge < -0.3 is 20.1 Å². The number of aromatic nitrogens is 1. The summed E-state index contributed by atoms with van der Waals surface area (Å²) >= 11 is 1.04. The lowest BCUT2D eigenvalue weighted by atomic mass is 10.1. The first-order valence-corrected chi connectivity index (χ1v) is 9.06. The van der Waals surface area contributed by atoms with Crippen LogP contribution in [0.1, 0.15) is 32.5 Å². The lowest BCUT2D eigenvalue weighted by Crippen LogP contribution is -2.39. The number of carbonyl (C=O) groups is 3. The number of anilines is 1. The molecule has 2 heterocycles. The highest BCUT2D eigenvalue weighted by Gasteiger charge is 2.27. The number of rotatable bonds is 6. The van der Waals surface area contributed by atoms with Crippen molar-refractivity contribution in [3.63, 3.8) is 0 Å². The number of nitrogens with zero attached hydrogens (tertiary/aromatic N) is 2. The first kappa shape index (κ1) is 20.4. The van der Waals surface area contributed by atoms with E-state index < -0.39 is 11.9 Å². The minimum Gasteiger partial charge on any atom is -0.503 e. The number of hydrogen-bond donors (Lipinski definition) is 2. The number of ether oxygens (including phenoxy) is 1. The molecule has 144 valence electrons. The smallest absolute Gasteiger partial charge is 0.341 e. The van der Waals surface area contributed by atoms with Gasteiger partial charge in [0, 0.05) is 20.2 Å². The van der Waals surface area contributed by atoms with Gasteiger partial charge in [0.05, 0.1) is 17.0 Å². The zero-order valence-corrected chi connectivity index (χ0v) is 16.4. The molecule has 8 nitrogen and oxygen atoms in total. The molecule has 0 aliphatic rings. The Labute approximate surface area is 161 Å². The van der Waals surface area contributed by atoms with Crippen LogP contribution in [0, 0.1) is 6.92 Å². The fourth-order valence-electron chi connectivity index (χ4n) is 2.40. The van der Waals surface area contributed by atoms with E-state index in [0.29, 0.717) is 10.4 Å². The molecular formula is C18H22N3O5S+. The van der Waals surface area contributed by atoms with E-state index in [9.17, 15) is 19.5 Å². The highest BCUT2D eigenvalue weighted by molar-refractivity contribution is 7.18. The van der Waals surface area contributed by atoms with Crippen LogP contribution in [0.5, 0.6) is 5.75 Å². The van der Waals surface area contributed by atoms with Crippen LogP contribution in [0.2, 0.25) is 0 Å². The SMILES string of the molecule is CCOC(=O)c1c(NC(=O)C[n+]2cccc(O)c2)sc(C(=O)N(C)C)c1C. The summed E-state index contributed by atoms with van der Waals surface area (Å²) in [5.74, 6) is -1.22. The lowest BCUT2D eigenvalue weighted by molar-refractivity contribution is -0.684. The molecule has 2 aromatic rings. The van der Waals surface area contributed by atoms with Crippen LogP contribution >= 0.6 is 11.3 Å². The molecule has 2 rings (SSSR count). The van der Waals surface area contributed by atoms with Gasteiger partial charge in [-0.3, -0.25) is 9.59 Å². The summed E-state index contributed by atoms with van der Waals surface area (Å²) in [6.07, 6.45) is 3.04. The third-order valence-corrected chi connectivity index (χ3v) is 4.84. The first-order valence-electron chi connectivity index (χ1n) is 8.24. The van der Waals surface area contributed by atoms with Gasteiger partial charge in [-0.1, -0.05) is 0 Å². The Morgan fingerprint density at radius 2 is 2.04 bits per heavy atom. The molecule has 0 saturated heterocycles. The summed E-state index contributed by atoms with van der Waals surface area (Å²) in [5.41, 5.74) is 0.652. The maximum Gasteiger partial charge on any atom is 0.341 e. The van der Waals surface area contributed by atoms with Crippen molar-refractivity contribution in [1.82, 2.24) is 4.90 Å². The Morgan fingerprint density at radius 1 is 1.33 bits per heavy atom. The van der Waals surface area contributed by atoms with Crippen molar-refractivity contribution in [2.75, 3.05) is 26.0 Å². The molecule has 9 heteroatoms. The Kier molecular flexibility index (Phi) is 6.51. The number of pyridine rings is 1. The van der Waals surface area contributed by atoms with E-state index in [0.717, 1.165) is 11.3 Å². The van der Waals surface area contributed by atoms with Gasteiger partial charge in [-0.05, 0) is 25.5 Å². The summed E-state index contributed by atoms with van der Waals surface area (Å²) in [4.78, 5) is 38.9. The standard InChI is InChI=1S/C18H21N3O5S/c1-5-26-18(25)14-11(2)15(17(24)20(3)4)27-16(14)19-13(23)10-21-8-6-7-12(22)9-21/h6-9H,5,10H2,1-4H3,(H-,19,22,23,24,25)/p+1. The minimum atomic E-state index is -0.593. The second-order valence-electron chi connectivity index (χ2n) is 5.96. The third kappa shape index (κ3) is 4.82. The molecule has 2 N–H and O–H groups in total. The van der Waals surface area contributed by atoms with Gasteiger partial charge in [0.25, 0.3) is 11.8 Å². The van der Waals surface area contributed by atoms with E-state index in [1.165, 1.54) is 21.7 Å². The molecule has 0 aromatic carbocycles. The number of amides is 2. The number of esters is 1. The van der Waals surface area contributed by atoms with Crippen LogP contribution in [-0.2, 0) is 16.1 Å². The topological polar surface area (TPSA) is 99.8 Å². The van der Waals surface area contributed by atoms with Crippen LogP contribution in [0.3, 0.4) is 0 Å². The van der Waals surface area contributed by atoms with E-state index in [4.69, 9.17) is 4.74 Å². The molecule has 0 spiro atoms. The highest BCUT2D eigenvalue weighted by atomic mass is 32.1. The quantitative estimate of drug-likeness (QED) is 0.574. The van der Waals surface area contributed by atoms with E-state index >= 15 is 0 Å². The largest absolute Gasteiger partial charge is 0.503 e. The van der Waals surface area contributed by atoms with Crippen LogP contribution in [-0.4, -0.2) is 48.5 Å². The normalized spacial score (nSPS) is 10.4. The number of aromatic hydroxyl groups is 1. The molecule has 27 heavy (non-hydrogen) atoms. The van der Waals surface area contributed by atoms with Crippen LogP contribution in [0.4, 0.5) is 5.00 Å². The van der Waals surface area contributed by atoms with E-state index in [1.54, 1.807) is 40.2 Å². The maximum absolute atomic E-state index is 12.4. The van der Waals surface area contributed by atoms with Crippen molar-refractivity contribution in [3.05, 3.63) is 40.5 Å². The molecular weight excluding hydrogens is 370 g/mol. The van der Waals surface area contributed by atoms with Crippen molar-refractivity contribution in [3.8, 4) is 5.75 Å². The molecule has 0 radical (unpaired) electrons. The van der Waals surface area contributed by atoms with Crippen LogP contribution in [0.15, 0.2) is 24.5 Å². The summed E-state index contributed by atoms with van der Waals surface area (Å²) in [5, 5.41) is 12.4. The molecule has 0 bridgehead atoms. The van der Waals surface area contributed by atoms with E-state index in [1.807, 2.05) is 0 Å². The molecule has 0 saturated carbocycles. The van der Waals surface area contributed by atoms with Gasteiger partial charge in [0.1, 0.15) is 5.00 Å². The Balaban J connectivity index is 2.33. The van der Waals surface area contributed by atoms with Gasteiger partial charge in [-0.2, -0.15) is 4.57 Å². The highest BCUT2D eigenvalue weighted by Crippen LogP contribution is 2.34. The Bertz CT molecular complexity index is 876. The van der Waals surface area contributed by atoms with Crippen molar-refractivity contribution in [1.29, 1.82) is 0 Å². The summed E-state index contributed by atoms with van der Waals surface area (Å²) in [6, 6.07) is 3.10. The molecule has 0 unspecified atom stereocenters. The lowest BCUT2D eigenvalue weighted by Gasteiger charge is -2.09. The fraction of sp³-hybridized carbons (Fsp3) is 0.333. The van der Waals surface area contributed by atoms with Crippen molar-refractivity contribution in [2.45, 2.75) is 20.4 Å². The van der Waals surface area contributed by atoms with Crippen molar-refractivity contribution >= 4 is 34.1 Å². The monoisotopic (exact) mass is 392 g/mol. The van der Waals surface area contributed by atoms with Gasteiger partial charge >= 0.3 is 5.97 Å². The van der Waals surface area contributed by atoms with Gasteiger partial charge in [0.2, 0.25) is 12.7 Å². The average Bonchev–Trinajstić information content (AvgIpc) is 2.90. The number of thiophene rings is 1. The summed E-state index contributed by atoms with van der Waals surface area (Å²) in [7, 11) is 3.23. The van der Waals surface area contributed by atoms with Crippen molar-refractivity contribution < 1.29 is 28.8 Å². The molecule has 0 aliphatic heterocycles. The van der Waals surface area contributed by atoms with Crippen molar-refractivity contribution in [2.24, 2.45) is 0 Å². The molecule has 0 atom stereocenters.